The van der Waals surface area contributed by atoms with Gasteiger partial charge in [0.15, 0.2) is 0 Å². The van der Waals surface area contributed by atoms with Crippen LogP contribution in [0.25, 0.3) is 0 Å². The molecule has 0 aromatic heterocycles. The molecule has 1 aliphatic heterocycles. The van der Waals surface area contributed by atoms with Gasteiger partial charge in [-0.15, -0.1) is 0 Å². The number of nitrogens with one attached hydrogen (secondary N) is 1. The molecule has 100 valence electrons. The lowest BCUT2D eigenvalue weighted by Gasteiger charge is -2.33. The Hall–Kier alpha value is -0.860. The molecule has 18 heavy (non-hydrogen) atoms. The molecule has 1 aromatic rings. The molecular weight excluding hydrogens is 222 g/mol. The SMILES string of the molecule is C[C@H](CC[NH+]1C[C@H](C)O[C@@H](C)C1)c1ccccc1. The summed E-state index contributed by atoms with van der Waals surface area (Å²) in [5.41, 5.74) is 1.46. The molecule has 0 radical (unpaired) electrons. The average molecular weight is 248 g/mol. The van der Waals surface area contributed by atoms with Gasteiger partial charge in [-0.25, -0.2) is 0 Å². The van der Waals surface area contributed by atoms with Gasteiger partial charge in [0, 0.05) is 6.42 Å². The number of ether oxygens (including phenoxy) is 1. The highest BCUT2D eigenvalue weighted by Crippen LogP contribution is 2.17. The molecule has 3 atom stereocenters. The predicted molar refractivity (Wildman–Crippen MR) is 75.0 cm³/mol. The predicted octanol–water partition coefficient (Wildman–Crippen LogP) is 1.87. The summed E-state index contributed by atoms with van der Waals surface area (Å²) in [4.78, 5) is 1.70. The lowest BCUT2D eigenvalue weighted by molar-refractivity contribution is -0.915. The minimum atomic E-state index is 0.413. The Labute approximate surface area is 111 Å². The van der Waals surface area contributed by atoms with E-state index in [2.05, 4.69) is 51.1 Å². The summed E-state index contributed by atoms with van der Waals surface area (Å²) in [5, 5.41) is 0. The molecule has 1 fully saturated rings. The summed E-state index contributed by atoms with van der Waals surface area (Å²) >= 11 is 0. The summed E-state index contributed by atoms with van der Waals surface area (Å²) in [6, 6.07) is 10.8. The summed E-state index contributed by atoms with van der Waals surface area (Å²) in [7, 11) is 0. The maximum atomic E-state index is 5.79. The molecule has 0 bridgehead atoms. The summed E-state index contributed by atoms with van der Waals surface area (Å²) < 4.78 is 5.79. The third-order valence-corrected chi connectivity index (χ3v) is 3.92. The molecule has 1 heterocycles. The number of rotatable bonds is 4. The molecule has 1 aromatic carbocycles. The van der Waals surface area contributed by atoms with Crippen LogP contribution in [-0.2, 0) is 4.74 Å². The highest BCUT2D eigenvalue weighted by molar-refractivity contribution is 5.18. The zero-order valence-corrected chi connectivity index (χ0v) is 11.9. The third kappa shape index (κ3) is 3.82. The quantitative estimate of drug-likeness (QED) is 0.859. The molecule has 0 aliphatic carbocycles. The normalized spacial score (nSPS) is 30.1. The second-order valence-corrected chi connectivity index (χ2v) is 5.77. The Balaban J connectivity index is 1.81. The van der Waals surface area contributed by atoms with Crippen LogP contribution in [0.2, 0.25) is 0 Å². The van der Waals surface area contributed by atoms with Gasteiger partial charge < -0.3 is 9.64 Å². The number of benzene rings is 1. The van der Waals surface area contributed by atoms with Crippen molar-refractivity contribution in [2.24, 2.45) is 0 Å². The zero-order valence-electron chi connectivity index (χ0n) is 11.9. The van der Waals surface area contributed by atoms with Crippen LogP contribution in [0.15, 0.2) is 30.3 Å². The fourth-order valence-electron chi connectivity index (χ4n) is 2.96. The van der Waals surface area contributed by atoms with Crippen molar-refractivity contribution in [1.29, 1.82) is 0 Å². The Bertz CT molecular complexity index is 341. The molecule has 2 heteroatoms. The largest absolute Gasteiger partial charge is 0.364 e. The first kappa shape index (κ1) is 13.6. The van der Waals surface area contributed by atoms with Gasteiger partial charge in [0.2, 0.25) is 0 Å². The number of hydrogen-bond donors (Lipinski definition) is 1. The van der Waals surface area contributed by atoms with Crippen molar-refractivity contribution in [3.8, 4) is 0 Å². The molecule has 1 N–H and O–H groups in total. The molecule has 0 amide bonds. The van der Waals surface area contributed by atoms with Crippen molar-refractivity contribution in [2.75, 3.05) is 19.6 Å². The minimum absolute atomic E-state index is 0.413. The maximum Gasteiger partial charge on any atom is 0.104 e. The van der Waals surface area contributed by atoms with Crippen LogP contribution >= 0.6 is 0 Å². The van der Waals surface area contributed by atoms with Gasteiger partial charge in [-0.05, 0) is 25.3 Å². The Morgan fingerprint density at radius 1 is 1.17 bits per heavy atom. The highest BCUT2D eigenvalue weighted by Gasteiger charge is 2.25. The van der Waals surface area contributed by atoms with Gasteiger partial charge in [0.25, 0.3) is 0 Å². The number of morpholine rings is 1. The molecular formula is C16H26NO+. The van der Waals surface area contributed by atoms with Crippen molar-refractivity contribution in [3.05, 3.63) is 35.9 Å². The first-order valence-corrected chi connectivity index (χ1v) is 7.19. The Morgan fingerprint density at radius 3 is 2.39 bits per heavy atom. The molecule has 2 rings (SSSR count). The smallest absolute Gasteiger partial charge is 0.104 e. The molecule has 0 saturated carbocycles. The second-order valence-electron chi connectivity index (χ2n) is 5.77. The van der Waals surface area contributed by atoms with Crippen LogP contribution in [0.4, 0.5) is 0 Å². The van der Waals surface area contributed by atoms with E-state index in [1.165, 1.54) is 18.5 Å². The van der Waals surface area contributed by atoms with Crippen molar-refractivity contribution < 1.29 is 9.64 Å². The fraction of sp³-hybridized carbons (Fsp3) is 0.625. The van der Waals surface area contributed by atoms with Gasteiger partial charge in [-0.1, -0.05) is 37.3 Å². The van der Waals surface area contributed by atoms with E-state index < -0.39 is 0 Å². The van der Waals surface area contributed by atoms with Crippen LogP contribution in [-0.4, -0.2) is 31.8 Å². The van der Waals surface area contributed by atoms with Gasteiger partial charge in [0.05, 0.1) is 6.54 Å². The van der Waals surface area contributed by atoms with E-state index in [1.54, 1.807) is 4.90 Å². The van der Waals surface area contributed by atoms with Gasteiger partial charge >= 0.3 is 0 Å². The molecule has 1 saturated heterocycles. The van der Waals surface area contributed by atoms with Crippen molar-refractivity contribution in [2.45, 2.75) is 45.3 Å². The lowest BCUT2D eigenvalue weighted by Crippen LogP contribution is -3.15. The molecule has 0 unspecified atom stereocenters. The summed E-state index contributed by atoms with van der Waals surface area (Å²) in [6.45, 7) is 10.3. The third-order valence-electron chi connectivity index (χ3n) is 3.92. The Kier molecular flexibility index (Phi) is 4.79. The van der Waals surface area contributed by atoms with Crippen LogP contribution in [0, 0.1) is 0 Å². The van der Waals surface area contributed by atoms with Gasteiger partial charge in [-0.2, -0.15) is 0 Å². The maximum absolute atomic E-state index is 5.79. The van der Waals surface area contributed by atoms with Crippen molar-refractivity contribution in [1.82, 2.24) is 0 Å². The first-order valence-electron chi connectivity index (χ1n) is 7.19. The standard InChI is InChI=1S/C16H25NO/c1-13(16-7-5-4-6-8-16)9-10-17-11-14(2)18-15(3)12-17/h4-8,13-15H,9-12H2,1-3H3/p+1/t13-,14+,15+/m1/s1. The summed E-state index contributed by atoms with van der Waals surface area (Å²) in [5.74, 6) is 0.659. The number of hydrogen-bond acceptors (Lipinski definition) is 1. The van der Waals surface area contributed by atoms with E-state index >= 15 is 0 Å². The fourth-order valence-corrected chi connectivity index (χ4v) is 2.96. The average Bonchev–Trinajstić information content (AvgIpc) is 2.36. The van der Waals surface area contributed by atoms with Gasteiger partial charge in [-0.3, -0.25) is 0 Å². The molecule has 0 spiro atoms. The highest BCUT2D eigenvalue weighted by atomic mass is 16.5. The number of quaternary nitrogens is 1. The minimum Gasteiger partial charge on any atom is -0.364 e. The monoisotopic (exact) mass is 248 g/mol. The van der Waals surface area contributed by atoms with E-state index in [0.29, 0.717) is 18.1 Å². The first-order chi connectivity index (χ1) is 8.65. The summed E-state index contributed by atoms with van der Waals surface area (Å²) in [6.07, 6.45) is 2.09. The van der Waals surface area contributed by atoms with Crippen LogP contribution in [0.5, 0.6) is 0 Å². The lowest BCUT2D eigenvalue weighted by atomic mass is 9.97. The Morgan fingerprint density at radius 2 is 1.78 bits per heavy atom. The van der Waals surface area contributed by atoms with Crippen LogP contribution < -0.4 is 4.90 Å². The van der Waals surface area contributed by atoms with E-state index in [9.17, 15) is 0 Å². The van der Waals surface area contributed by atoms with Crippen LogP contribution in [0.3, 0.4) is 0 Å². The topological polar surface area (TPSA) is 13.7 Å². The zero-order chi connectivity index (χ0) is 13.0. The van der Waals surface area contributed by atoms with E-state index in [1.807, 2.05) is 0 Å². The van der Waals surface area contributed by atoms with E-state index in [-0.39, 0.29) is 0 Å². The van der Waals surface area contributed by atoms with Crippen LogP contribution in [0.1, 0.15) is 38.7 Å². The molecule has 1 aliphatic rings. The van der Waals surface area contributed by atoms with Gasteiger partial charge in [0.1, 0.15) is 25.3 Å². The van der Waals surface area contributed by atoms with Crippen molar-refractivity contribution >= 4 is 0 Å². The van der Waals surface area contributed by atoms with E-state index in [4.69, 9.17) is 4.74 Å². The second kappa shape index (κ2) is 6.35. The van der Waals surface area contributed by atoms with E-state index in [0.717, 1.165) is 13.1 Å². The van der Waals surface area contributed by atoms with Crippen molar-refractivity contribution in [3.63, 3.8) is 0 Å². The molecule has 2 nitrogen and oxygen atoms in total.